The summed E-state index contributed by atoms with van der Waals surface area (Å²) < 4.78 is 0. The van der Waals surface area contributed by atoms with Crippen molar-refractivity contribution in [3.63, 3.8) is 0 Å². The smallest absolute Gasteiger partial charge is 0.0641 e. The standard InChI is InChI=1S/C10H11N.C2H6/c1-3-7-5-8-6-10(8)11-9(7)4-2;1-2/h3-5,8,10H,1-2,6H2;1-2H3. The van der Waals surface area contributed by atoms with Crippen LogP contribution in [0.2, 0.25) is 0 Å². The van der Waals surface area contributed by atoms with Gasteiger partial charge in [-0.2, -0.15) is 0 Å². The fourth-order valence-corrected chi connectivity index (χ4v) is 1.44. The Morgan fingerprint density at radius 1 is 1.38 bits per heavy atom. The second-order valence-electron chi connectivity index (χ2n) is 3.01. The van der Waals surface area contributed by atoms with Gasteiger partial charge >= 0.3 is 0 Å². The minimum absolute atomic E-state index is 0.562. The highest BCUT2D eigenvalue weighted by Crippen LogP contribution is 2.39. The summed E-state index contributed by atoms with van der Waals surface area (Å²) in [7, 11) is 0. The van der Waals surface area contributed by atoms with Crippen LogP contribution < -0.4 is 0 Å². The first-order valence-corrected chi connectivity index (χ1v) is 4.90. The zero-order valence-corrected chi connectivity index (χ0v) is 8.46. The first kappa shape index (κ1) is 9.97. The molecule has 0 aromatic carbocycles. The molecule has 0 bridgehead atoms. The van der Waals surface area contributed by atoms with Gasteiger partial charge in [0.25, 0.3) is 0 Å². The molecule has 1 saturated carbocycles. The number of dihydropyridines is 1. The minimum Gasteiger partial charge on any atom is -0.281 e. The Kier molecular flexibility index (Phi) is 3.24. The van der Waals surface area contributed by atoms with Crippen molar-refractivity contribution in [1.82, 2.24) is 0 Å². The molecule has 2 atom stereocenters. The topological polar surface area (TPSA) is 12.4 Å². The molecule has 0 aromatic rings. The van der Waals surface area contributed by atoms with Gasteiger partial charge in [0.2, 0.25) is 0 Å². The summed E-state index contributed by atoms with van der Waals surface area (Å²) in [6, 6.07) is 0.562. The van der Waals surface area contributed by atoms with Crippen LogP contribution in [0, 0.1) is 5.92 Å². The van der Waals surface area contributed by atoms with Crippen LogP contribution in [0.15, 0.2) is 42.0 Å². The van der Waals surface area contributed by atoms with Gasteiger partial charge in [0, 0.05) is 5.92 Å². The Morgan fingerprint density at radius 3 is 2.62 bits per heavy atom. The predicted molar refractivity (Wildman–Crippen MR) is 59.2 cm³/mol. The van der Waals surface area contributed by atoms with Crippen LogP contribution in [0.25, 0.3) is 0 Å². The van der Waals surface area contributed by atoms with Crippen LogP contribution in [-0.2, 0) is 0 Å². The van der Waals surface area contributed by atoms with Crippen molar-refractivity contribution in [1.29, 1.82) is 0 Å². The maximum Gasteiger partial charge on any atom is 0.0641 e. The van der Waals surface area contributed by atoms with Crippen LogP contribution in [0.5, 0.6) is 0 Å². The van der Waals surface area contributed by atoms with Crippen LogP contribution in [-0.4, -0.2) is 11.8 Å². The molecule has 1 fully saturated rings. The molecule has 1 heteroatoms. The lowest BCUT2D eigenvalue weighted by atomic mass is 10.1. The molecule has 0 amide bonds. The van der Waals surface area contributed by atoms with E-state index in [-0.39, 0.29) is 0 Å². The molecule has 0 spiro atoms. The molecule has 70 valence electrons. The van der Waals surface area contributed by atoms with E-state index in [1.165, 1.54) is 6.42 Å². The molecule has 1 aliphatic heterocycles. The average molecular weight is 175 g/mol. The molecule has 1 nitrogen and oxygen atoms in total. The van der Waals surface area contributed by atoms with Gasteiger partial charge in [-0.15, -0.1) is 0 Å². The summed E-state index contributed by atoms with van der Waals surface area (Å²) >= 11 is 0. The highest BCUT2D eigenvalue weighted by atomic mass is 14.9. The maximum absolute atomic E-state index is 4.49. The number of fused-ring (bicyclic) bond motifs is 1. The van der Waals surface area contributed by atoms with Gasteiger partial charge in [-0.05, 0) is 18.1 Å². The number of nitrogens with zero attached hydrogens (tertiary/aromatic N) is 1. The number of hydrogen-bond acceptors (Lipinski definition) is 1. The molecule has 0 saturated heterocycles. The van der Waals surface area contributed by atoms with Crippen LogP contribution in [0.1, 0.15) is 20.3 Å². The molecular weight excluding hydrogens is 158 g/mol. The van der Waals surface area contributed by atoms with Crippen molar-refractivity contribution in [3.05, 3.63) is 37.0 Å². The molecule has 0 radical (unpaired) electrons. The Bertz CT molecular complexity index is 243. The lowest BCUT2D eigenvalue weighted by Gasteiger charge is -2.06. The second kappa shape index (κ2) is 4.22. The molecular formula is C12H17N. The van der Waals surface area contributed by atoms with E-state index in [4.69, 9.17) is 0 Å². The monoisotopic (exact) mass is 175 g/mol. The largest absolute Gasteiger partial charge is 0.281 e. The second-order valence-corrected chi connectivity index (χ2v) is 3.01. The first-order valence-electron chi connectivity index (χ1n) is 4.90. The minimum atomic E-state index is 0.562. The van der Waals surface area contributed by atoms with Crippen molar-refractivity contribution in [3.8, 4) is 0 Å². The Morgan fingerprint density at radius 2 is 2.08 bits per heavy atom. The third-order valence-electron chi connectivity index (χ3n) is 2.21. The van der Waals surface area contributed by atoms with E-state index in [9.17, 15) is 0 Å². The van der Waals surface area contributed by atoms with Gasteiger partial charge in [-0.1, -0.05) is 39.2 Å². The molecule has 2 aliphatic rings. The Balaban J connectivity index is 0.000000396. The van der Waals surface area contributed by atoms with Crippen LogP contribution in [0.3, 0.4) is 0 Å². The maximum atomic E-state index is 4.49. The molecule has 0 N–H and O–H groups in total. The van der Waals surface area contributed by atoms with Crippen molar-refractivity contribution in [2.75, 3.05) is 0 Å². The Labute approximate surface area is 80.6 Å². The lowest BCUT2D eigenvalue weighted by molar-refractivity contribution is 0.957. The number of hydrogen-bond donors (Lipinski definition) is 0. The zero-order valence-electron chi connectivity index (χ0n) is 8.46. The molecule has 2 unspecified atom stereocenters. The van der Waals surface area contributed by atoms with E-state index in [0.29, 0.717) is 12.0 Å². The van der Waals surface area contributed by atoms with Gasteiger partial charge in [0.05, 0.1) is 11.8 Å². The van der Waals surface area contributed by atoms with Gasteiger partial charge < -0.3 is 0 Å². The van der Waals surface area contributed by atoms with E-state index >= 15 is 0 Å². The van der Waals surface area contributed by atoms with Crippen molar-refractivity contribution in [2.24, 2.45) is 10.9 Å². The van der Waals surface area contributed by atoms with Gasteiger partial charge in [-0.3, -0.25) is 4.99 Å². The van der Waals surface area contributed by atoms with Crippen LogP contribution in [0.4, 0.5) is 0 Å². The van der Waals surface area contributed by atoms with E-state index < -0.39 is 0 Å². The number of aliphatic imine (C=N–C) groups is 1. The summed E-state index contributed by atoms with van der Waals surface area (Å²) in [5.74, 6) is 0.701. The highest BCUT2D eigenvalue weighted by molar-refractivity contribution is 6.10. The van der Waals surface area contributed by atoms with Crippen molar-refractivity contribution < 1.29 is 0 Å². The van der Waals surface area contributed by atoms with E-state index in [1.54, 1.807) is 0 Å². The highest BCUT2D eigenvalue weighted by Gasteiger charge is 2.37. The zero-order chi connectivity index (χ0) is 9.84. The summed E-state index contributed by atoms with van der Waals surface area (Å²) in [6.07, 6.45) is 7.13. The third-order valence-corrected chi connectivity index (χ3v) is 2.21. The van der Waals surface area contributed by atoms with Gasteiger partial charge in [-0.25, -0.2) is 0 Å². The number of allylic oxidation sites excluding steroid dienone is 3. The molecule has 1 heterocycles. The fraction of sp³-hybridized carbons (Fsp3) is 0.417. The van der Waals surface area contributed by atoms with Crippen LogP contribution >= 0.6 is 0 Å². The lowest BCUT2D eigenvalue weighted by Crippen LogP contribution is -2.04. The van der Waals surface area contributed by atoms with E-state index in [1.807, 2.05) is 26.0 Å². The summed E-state index contributed by atoms with van der Waals surface area (Å²) in [5, 5.41) is 0. The fourth-order valence-electron chi connectivity index (χ4n) is 1.44. The van der Waals surface area contributed by atoms with E-state index in [2.05, 4.69) is 24.2 Å². The van der Waals surface area contributed by atoms with E-state index in [0.717, 1.165) is 11.3 Å². The van der Waals surface area contributed by atoms with Gasteiger partial charge in [0.1, 0.15) is 0 Å². The summed E-state index contributed by atoms with van der Waals surface area (Å²) in [6.45, 7) is 11.5. The Hall–Kier alpha value is -1.11. The first-order chi connectivity index (χ1) is 6.35. The number of rotatable bonds is 2. The summed E-state index contributed by atoms with van der Waals surface area (Å²) in [4.78, 5) is 4.49. The molecule has 0 aromatic heterocycles. The predicted octanol–water partition coefficient (Wildman–Crippen LogP) is 3.15. The molecule has 1 aliphatic carbocycles. The molecule has 13 heavy (non-hydrogen) atoms. The normalized spacial score (nSPS) is 28.5. The average Bonchev–Trinajstić information content (AvgIpc) is 2.96. The van der Waals surface area contributed by atoms with Gasteiger partial charge in [0.15, 0.2) is 0 Å². The SMILES string of the molecule is C=CC1=CC2CC2N=C1C=C.CC. The summed E-state index contributed by atoms with van der Waals surface area (Å²) in [5.41, 5.74) is 2.16. The van der Waals surface area contributed by atoms with Crippen molar-refractivity contribution >= 4 is 5.71 Å². The molecule has 2 rings (SSSR count). The van der Waals surface area contributed by atoms with Crippen molar-refractivity contribution in [2.45, 2.75) is 26.3 Å². The third kappa shape index (κ3) is 1.97. The quantitative estimate of drug-likeness (QED) is 0.611.